The van der Waals surface area contributed by atoms with Crippen molar-refractivity contribution in [2.45, 2.75) is 23.8 Å². The summed E-state index contributed by atoms with van der Waals surface area (Å²) in [6.07, 6.45) is 1.89. The first-order chi connectivity index (χ1) is 8.55. The Morgan fingerprint density at radius 3 is 2.44 bits per heavy atom. The summed E-state index contributed by atoms with van der Waals surface area (Å²) >= 11 is 3.30. The Labute approximate surface area is 116 Å². The zero-order chi connectivity index (χ0) is 13.2. The van der Waals surface area contributed by atoms with Crippen LogP contribution in [-0.4, -0.2) is 39.0 Å². The van der Waals surface area contributed by atoms with Gasteiger partial charge in [0.05, 0.1) is 11.5 Å². The maximum absolute atomic E-state index is 12.5. The van der Waals surface area contributed by atoms with Gasteiger partial charge in [0.2, 0.25) is 10.0 Å². The summed E-state index contributed by atoms with van der Waals surface area (Å²) in [4.78, 5) is 0.341. The summed E-state index contributed by atoms with van der Waals surface area (Å²) in [7, 11) is -1.81. The van der Waals surface area contributed by atoms with E-state index in [4.69, 9.17) is 4.74 Å². The maximum Gasteiger partial charge on any atom is 0.243 e. The number of hydrogen-bond donors (Lipinski definition) is 0. The second kappa shape index (κ2) is 5.69. The predicted molar refractivity (Wildman–Crippen MR) is 72.9 cm³/mol. The van der Waals surface area contributed by atoms with Crippen LogP contribution >= 0.6 is 15.9 Å². The van der Waals surface area contributed by atoms with Gasteiger partial charge >= 0.3 is 0 Å². The van der Waals surface area contributed by atoms with Gasteiger partial charge in [-0.25, -0.2) is 8.42 Å². The van der Waals surface area contributed by atoms with Crippen molar-refractivity contribution in [2.75, 3.05) is 20.3 Å². The van der Waals surface area contributed by atoms with E-state index in [9.17, 15) is 8.42 Å². The maximum atomic E-state index is 12.5. The van der Waals surface area contributed by atoms with Crippen LogP contribution in [-0.2, 0) is 14.8 Å². The molecule has 0 atom stereocenters. The van der Waals surface area contributed by atoms with Crippen molar-refractivity contribution in [2.24, 2.45) is 0 Å². The van der Waals surface area contributed by atoms with E-state index < -0.39 is 10.0 Å². The number of halogens is 1. The van der Waals surface area contributed by atoms with Gasteiger partial charge in [-0.05, 0) is 37.1 Å². The topological polar surface area (TPSA) is 46.6 Å². The van der Waals surface area contributed by atoms with Crippen LogP contribution in [0.5, 0.6) is 0 Å². The van der Waals surface area contributed by atoms with E-state index in [0.717, 1.165) is 17.3 Å². The molecule has 0 saturated heterocycles. The fourth-order valence-corrected chi connectivity index (χ4v) is 3.72. The van der Waals surface area contributed by atoms with Gasteiger partial charge in [0.25, 0.3) is 0 Å². The number of nitrogens with zero attached hydrogens (tertiary/aromatic N) is 1. The standard InChI is InChI=1S/C12H16BrNO3S/c1-17-9-8-14(11-4-5-11)18(15,16)12-6-2-10(13)3-7-12/h2-3,6-7,11H,4-5,8-9H2,1H3. The molecule has 4 nitrogen and oxygen atoms in total. The molecule has 100 valence electrons. The van der Waals surface area contributed by atoms with Gasteiger partial charge < -0.3 is 4.74 Å². The monoisotopic (exact) mass is 333 g/mol. The summed E-state index contributed by atoms with van der Waals surface area (Å²) in [6.45, 7) is 0.839. The Balaban J connectivity index is 2.24. The van der Waals surface area contributed by atoms with Crippen molar-refractivity contribution in [1.82, 2.24) is 4.31 Å². The first kappa shape index (κ1) is 14.0. The van der Waals surface area contributed by atoms with Crippen molar-refractivity contribution in [3.8, 4) is 0 Å². The fraction of sp³-hybridized carbons (Fsp3) is 0.500. The van der Waals surface area contributed by atoms with E-state index in [1.807, 2.05) is 0 Å². The number of sulfonamides is 1. The van der Waals surface area contributed by atoms with Crippen LogP contribution < -0.4 is 0 Å². The summed E-state index contributed by atoms with van der Waals surface area (Å²) in [5.41, 5.74) is 0. The minimum absolute atomic E-state index is 0.147. The van der Waals surface area contributed by atoms with Crippen LogP contribution in [0.4, 0.5) is 0 Å². The average molecular weight is 334 g/mol. The molecule has 1 aromatic rings. The van der Waals surface area contributed by atoms with Crippen LogP contribution in [0.3, 0.4) is 0 Å². The molecular formula is C12H16BrNO3S. The highest BCUT2D eigenvalue weighted by atomic mass is 79.9. The molecule has 0 aliphatic heterocycles. The number of benzene rings is 1. The Morgan fingerprint density at radius 1 is 1.33 bits per heavy atom. The molecule has 0 unspecified atom stereocenters. The molecule has 0 radical (unpaired) electrons. The molecule has 1 aromatic carbocycles. The third-order valence-electron chi connectivity index (χ3n) is 2.89. The molecule has 0 spiro atoms. The number of hydrogen-bond acceptors (Lipinski definition) is 3. The second-order valence-corrected chi connectivity index (χ2v) is 7.10. The largest absolute Gasteiger partial charge is 0.383 e. The normalized spacial score (nSPS) is 16.2. The van der Waals surface area contributed by atoms with Crippen LogP contribution in [0, 0.1) is 0 Å². The Bertz CT molecular complexity index is 497. The third kappa shape index (κ3) is 3.12. The van der Waals surface area contributed by atoms with Crippen molar-refractivity contribution in [3.63, 3.8) is 0 Å². The molecule has 0 heterocycles. The molecule has 0 aromatic heterocycles. The second-order valence-electron chi connectivity index (χ2n) is 4.29. The first-order valence-corrected chi connectivity index (χ1v) is 8.05. The lowest BCUT2D eigenvalue weighted by molar-refractivity contribution is 0.177. The Morgan fingerprint density at radius 2 is 1.94 bits per heavy atom. The van der Waals surface area contributed by atoms with E-state index in [1.165, 1.54) is 0 Å². The zero-order valence-corrected chi connectivity index (χ0v) is 12.6. The first-order valence-electron chi connectivity index (χ1n) is 5.82. The lowest BCUT2D eigenvalue weighted by atomic mass is 10.4. The van der Waals surface area contributed by atoms with Gasteiger partial charge in [0.15, 0.2) is 0 Å². The SMILES string of the molecule is COCCN(C1CC1)S(=O)(=O)c1ccc(Br)cc1. The van der Waals surface area contributed by atoms with Gasteiger partial charge in [0.1, 0.15) is 0 Å². The molecule has 18 heavy (non-hydrogen) atoms. The quantitative estimate of drug-likeness (QED) is 0.802. The average Bonchev–Trinajstić information content (AvgIpc) is 3.14. The highest BCUT2D eigenvalue weighted by Crippen LogP contribution is 2.32. The van der Waals surface area contributed by atoms with Crippen LogP contribution in [0.15, 0.2) is 33.6 Å². The van der Waals surface area contributed by atoms with Crippen LogP contribution in [0.1, 0.15) is 12.8 Å². The smallest absolute Gasteiger partial charge is 0.243 e. The highest BCUT2D eigenvalue weighted by Gasteiger charge is 2.37. The Hall–Kier alpha value is -0.430. The molecule has 1 aliphatic carbocycles. The number of ether oxygens (including phenoxy) is 1. The number of methoxy groups -OCH3 is 1. The van der Waals surface area contributed by atoms with Crippen molar-refractivity contribution in [1.29, 1.82) is 0 Å². The third-order valence-corrected chi connectivity index (χ3v) is 5.38. The van der Waals surface area contributed by atoms with Crippen molar-refractivity contribution >= 4 is 26.0 Å². The number of rotatable bonds is 6. The summed E-state index contributed by atoms with van der Waals surface area (Å²) in [5.74, 6) is 0. The zero-order valence-electron chi connectivity index (χ0n) is 10.2. The lowest BCUT2D eigenvalue weighted by Crippen LogP contribution is -2.35. The van der Waals surface area contributed by atoms with Gasteiger partial charge in [0, 0.05) is 24.2 Å². The van der Waals surface area contributed by atoms with Gasteiger partial charge in [-0.15, -0.1) is 0 Å². The van der Waals surface area contributed by atoms with E-state index >= 15 is 0 Å². The molecular weight excluding hydrogens is 318 g/mol. The fourth-order valence-electron chi connectivity index (χ4n) is 1.78. The van der Waals surface area contributed by atoms with E-state index in [-0.39, 0.29) is 6.04 Å². The molecule has 1 saturated carbocycles. The summed E-state index contributed by atoms with van der Waals surface area (Å²) in [6, 6.07) is 6.89. The van der Waals surface area contributed by atoms with Crippen LogP contribution in [0.2, 0.25) is 0 Å². The molecule has 1 aliphatic rings. The van der Waals surface area contributed by atoms with Gasteiger partial charge in [-0.3, -0.25) is 0 Å². The predicted octanol–water partition coefficient (Wildman–Crippen LogP) is 2.25. The lowest BCUT2D eigenvalue weighted by Gasteiger charge is -2.21. The molecule has 1 fully saturated rings. The van der Waals surface area contributed by atoms with E-state index in [0.29, 0.717) is 18.0 Å². The molecule has 2 rings (SSSR count). The van der Waals surface area contributed by atoms with Gasteiger partial charge in [-0.2, -0.15) is 4.31 Å². The summed E-state index contributed by atoms with van der Waals surface area (Å²) < 4.78 is 32.4. The van der Waals surface area contributed by atoms with Crippen molar-refractivity contribution < 1.29 is 13.2 Å². The highest BCUT2D eigenvalue weighted by molar-refractivity contribution is 9.10. The minimum Gasteiger partial charge on any atom is -0.383 e. The van der Waals surface area contributed by atoms with E-state index in [2.05, 4.69) is 15.9 Å². The minimum atomic E-state index is -3.39. The molecule has 0 N–H and O–H groups in total. The van der Waals surface area contributed by atoms with Gasteiger partial charge in [-0.1, -0.05) is 15.9 Å². The van der Waals surface area contributed by atoms with Crippen LogP contribution in [0.25, 0.3) is 0 Å². The molecule has 0 amide bonds. The summed E-state index contributed by atoms with van der Waals surface area (Å²) in [5, 5.41) is 0. The molecule has 6 heteroatoms. The molecule has 0 bridgehead atoms. The Kier molecular flexibility index (Phi) is 4.42. The van der Waals surface area contributed by atoms with E-state index in [1.54, 1.807) is 35.7 Å². The van der Waals surface area contributed by atoms with Crippen molar-refractivity contribution in [3.05, 3.63) is 28.7 Å².